The van der Waals surface area contributed by atoms with Crippen LogP contribution < -0.4 is 5.73 Å². The number of nitrogens with zero attached hydrogens (tertiary/aromatic N) is 2. The second kappa shape index (κ2) is 4.04. The summed E-state index contributed by atoms with van der Waals surface area (Å²) in [5, 5.41) is 17.3. The molecule has 80 valence electrons. The molecular weight excluding hydrogens is 210 g/mol. The van der Waals surface area contributed by atoms with Crippen molar-refractivity contribution in [3.8, 4) is 11.3 Å². The van der Waals surface area contributed by atoms with Gasteiger partial charge in [-0.2, -0.15) is 16.4 Å². The quantitative estimate of drug-likeness (QED) is 0.828. The second-order valence-corrected chi connectivity index (χ2v) is 4.11. The molecule has 3 N–H and O–H groups in total. The van der Waals surface area contributed by atoms with Crippen LogP contribution in [0.5, 0.6) is 0 Å². The average molecular weight is 223 g/mol. The predicted octanol–water partition coefficient (Wildman–Crippen LogP) is 1.49. The van der Waals surface area contributed by atoms with Crippen molar-refractivity contribution in [2.45, 2.75) is 13.5 Å². The van der Waals surface area contributed by atoms with Crippen molar-refractivity contribution in [1.82, 2.24) is 9.78 Å². The standard InChI is InChI=1S/C10H13N3OS/c1-7-5-15-6-8(7)9-4-10(11)13(12-9)2-3-14/h4-6,14H,2-3,11H2,1H3. The van der Waals surface area contributed by atoms with E-state index < -0.39 is 0 Å². The Bertz CT molecular complexity index is 461. The van der Waals surface area contributed by atoms with Crippen molar-refractivity contribution in [1.29, 1.82) is 0 Å². The number of anilines is 1. The summed E-state index contributed by atoms with van der Waals surface area (Å²) >= 11 is 1.65. The van der Waals surface area contributed by atoms with Gasteiger partial charge in [-0.3, -0.25) is 0 Å². The summed E-state index contributed by atoms with van der Waals surface area (Å²) in [6.07, 6.45) is 0. The Balaban J connectivity index is 2.38. The predicted molar refractivity (Wildman–Crippen MR) is 61.8 cm³/mol. The van der Waals surface area contributed by atoms with Gasteiger partial charge in [-0.25, -0.2) is 4.68 Å². The van der Waals surface area contributed by atoms with E-state index in [1.807, 2.05) is 13.0 Å². The molecule has 2 aromatic rings. The Labute approximate surface area is 92.0 Å². The minimum Gasteiger partial charge on any atom is -0.394 e. The molecule has 0 saturated heterocycles. The average Bonchev–Trinajstić information content (AvgIpc) is 2.75. The van der Waals surface area contributed by atoms with Crippen LogP contribution in [0.3, 0.4) is 0 Å². The highest BCUT2D eigenvalue weighted by atomic mass is 32.1. The molecule has 5 heteroatoms. The van der Waals surface area contributed by atoms with Gasteiger partial charge in [0.2, 0.25) is 0 Å². The molecule has 0 fully saturated rings. The lowest BCUT2D eigenvalue weighted by molar-refractivity contribution is 0.270. The highest BCUT2D eigenvalue weighted by molar-refractivity contribution is 7.08. The lowest BCUT2D eigenvalue weighted by atomic mass is 10.1. The molecule has 0 aliphatic carbocycles. The number of nitrogens with two attached hydrogens (primary N) is 1. The SMILES string of the molecule is Cc1cscc1-c1cc(N)n(CCO)n1. The van der Waals surface area contributed by atoms with Gasteiger partial charge in [0.15, 0.2) is 0 Å². The normalized spacial score (nSPS) is 10.8. The third-order valence-electron chi connectivity index (χ3n) is 2.25. The molecule has 0 aliphatic heterocycles. The van der Waals surface area contributed by atoms with E-state index in [1.165, 1.54) is 5.56 Å². The molecule has 0 saturated carbocycles. The number of nitrogen functional groups attached to an aromatic ring is 1. The molecule has 0 spiro atoms. The Kier molecular flexibility index (Phi) is 2.75. The number of aryl methyl sites for hydroxylation is 1. The Morgan fingerprint density at radius 1 is 1.53 bits per heavy atom. The molecule has 2 rings (SSSR count). The van der Waals surface area contributed by atoms with E-state index in [-0.39, 0.29) is 6.61 Å². The van der Waals surface area contributed by atoms with Gasteiger partial charge >= 0.3 is 0 Å². The molecule has 2 heterocycles. The number of aliphatic hydroxyl groups excluding tert-OH is 1. The van der Waals surface area contributed by atoms with Crippen LogP contribution in [-0.4, -0.2) is 21.5 Å². The van der Waals surface area contributed by atoms with Crippen LogP contribution in [-0.2, 0) is 6.54 Å². The van der Waals surface area contributed by atoms with Gasteiger partial charge in [0, 0.05) is 17.0 Å². The number of hydrogen-bond acceptors (Lipinski definition) is 4. The summed E-state index contributed by atoms with van der Waals surface area (Å²) in [7, 11) is 0. The summed E-state index contributed by atoms with van der Waals surface area (Å²) in [4.78, 5) is 0. The van der Waals surface area contributed by atoms with Crippen LogP contribution in [0.1, 0.15) is 5.56 Å². The Morgan fingerprint density at radius 2 is 2.33 bits per heavy atom. The zero-order valence-corrected chi connectivity index (χ0v) is 9.29. The molecule has 0 bridgehead atoms. The number of hydrogen-bond donors (Lipinski definition) is 2. The first kappa shape index (κ1) is 10.2. The minimum absolute atomic E-state index is 0.0495. The molecule has 0 radical (unpaired) electrons. The van der Waals surface area contributed by atoms with Gasteiger partial charge in [-0.05, 0) is 17.9 Å². The molecule has 4 nitrogen and oxygen atoms in total. The number of aliphatic hydroxyl groups is 1. The van der Waals surface area contributed by atoms with Gasteiger partial charge in [-0.1, -0.05) is 0 Å². The smallest absolute Gasteiger partial charge is 0.122 e. The summed E-state index contributed by atoms with van der Waals surface area (Å²) in [5.74, 6) is 0.588. The van der Waals surface area contributed by atoms with Crippen LogP contribution in [0.2, 0.25) is 0 Å². The van der Waals surface area contributed by atoms with Gasteiger partial charge in [-0.15, -0.1) is 0 Å². The van der Waals surface area contributed by atoms with Crippen molar-refractivity contribution in [2.24, 2.45) is 0 Å². The Morgan fingerprint density at radius 3 is 2.93 bits per heavy atom. The van der Waals surface area contributed by atoms with E-state index in [1.54, 1.807) is 16.0 Å². The molecule has 15 heavy (non-hydrogen) atoms. The van der Waals surface area contributed by atoms with E-state index in [9.17, 15) is 0 Å². The first-order valence-electron chi connectivity index (χ1n) is 4.69. The van der Waals surface area contributed by atoms with Gasteiger partial charge < -0.3 is 10.8 Å². The first-order valence-corrected chi connectivity index (χ1v) is 5.64. The third kappa shape index (κ3) is 1.88. The summed E-state index contributed by atoms with van der Waals surface area (Å²) in [6, 6.07) is 1.84. The number of aromatic nitrogens is 2. The Hall–Kier alpha value is -1.33. The van der Waals surface area contributed by atoms with Crippen LogP contribution in [0.4, 0.5) is 5.82 Å². The van der Waals surface area contributed by atoms with Gasteiger partial charge in [0.25, 0.3) is 0 Å². The highest BCUT2D eigenvalue weighted by Crippen LogP contribution is 2.26. The third-order valence-corrected chi connectivity index (χ3v) is 3.12. The van der Waals surface area contributed by atoms with Crippen molar-refractivity contribution < 1.29 is 5.11 Å². The monoisotopic (exact) mass is 223 g/mol. The number of rotatable bonds is 3. The van der Waals surface area contributed by atoms with Crippen LogP contribution in [0.25, 0.3) is 11.3 Å². The minimum atomic E-state index is 0.0495. The van der Waals surface area contributed by atoms with Crippen molar-refractivity contribution >= 4 is 17.2 Å². The van der Waals surface area contributed by atoms with Gasteiger partial charge in [0.05, 0.1) is 18.8 Å². The molecule has 2 aromatic heterocycles. The summed E-state index contributed by atoms with van der Waals surface area (Å²) in [5.41, 5.74) is 8.97. The number of thiophene rings is 1. The molecule has 0 aromatic carbocycles. The van der Waals surface area contributed by atoms with Crippen molar-refractivity contribution in [3.63, 3.8) is 0 Å². The topological polar surface area (TPSA) is 64.1 Å². The maximum Gasteiger partial charge on any atom is 0.122 e. The van der Waals surface area contributed by atoms with E-state index >= 15 is 0 Å². The lowest BCUT2D eigenvalue weighted by Crippen LogP contribution is -2.07. The fraction of sp³-hybridized carbons (Fsp3) is 0.300. The van der Waals surface area contributed by atoms with E-state index in [0.29, 0.717) is 12.4 Å². The molecule has 0 atom stereocenters. The fourth-order valence-corrected chi connectivity index (χ4v) is 2.30. The molecule has 0 amide bonds. The van der Waals surface area contributed by atoms with Crippen LogP contribution in [0.15, 0.2) is 16.8 Å². The second-order valence-electron chi connectivity index (χ2n) is 3.37. The maximum atomic E-state index is 8.82. The molecular formula is C10H13N3OS. The van der Waals surface area contributed by atoms with Crippen molar-refractivity contribution in [3.05, 3.63) is 22.4 Å². The van der Waals surface area contributed by atoms with E-state index in [4.69, 9.17) is 10.8 Å². The van der Waals surface area contributed by atoms with Crippen LogP contribution in [0, 0.1) is 6.92 Å². The lowest BCUT2D eigenvalue weighted by Gasteiger charge is -1.99. The molecule has 0 unspecified atom stereocenters. The van der Waals surface area contributed by atoms with E-state index in [0.717, 1.165) is 11.3 Å². The summed E-state index contributed by atoms with van der Waals surface area (Å²) in [6.45, 7) is 2.54. The first-order chi connectivity index (χ1) is 7.22. The van der Waals surface area contributed by atoms with Crippen LogP contribution >= 0.6 is 11.3 Å². The highest BCUT2D eigenvalue weighted by Gasteiger charge is 2.09. The largest absolute Gasteiger partial charge is 0.394 e. The molecule has 0 aliphatic rings. The van der Waals surface area contributed by atoms with E-state index in [2.05, 4.69) is 15.9 Å². The van der Waals surface area contributed by atoms with Crippen molar-refractivity contribution in [2.75, 3.05) is 12.3 Å². The summed E-state index contributed by atoms with van der Waals surface area (Å²) < 4.78 is 1.62. The van der Waals surface area contributed by atoms with Gasteiger partial charge in [0.1, 0.15) is 5.82 Å². The zero-order valence-electron chi connectivity index (χ0n) is 8.47. The fourth-order valence-electron chi connectivity index (χ4n) is 1.46. The zero-order chi connectivity index (χ0) is 10.8. The maximum absolute atomic E-state index is 8.82.